The zero-order valence-corrected chi connectivity index (χ0v) is 9.08. The van der Waals surface area contributed by atoms with Crippen molar-refractivity contribution in [3.63, 3.8) is 0 Å². The molecule has 0 heterocycles. The molecule has 2 rings (SSSR count). The fourth-order valence-electron chi connectivity index (χ4n) is 1.72. The van der Waals surface area contributed by atoms with Crippen molar-refractivity contribution in [2.45, 2.75) is 19.3 Å². The molecule has 0 saturated heterocycles. The third-order valence-electron chi connectivity index (χ3n) is 2.36. The molecule has 0 saturated carbocycles. The summed E-state index contributed by atoms with van der Waals surface area (Å²) < 4.78 is 0.753. The van der Waals surface area contributed by atoms with Crippen LogP contribution in [0.5, 0.6) is 0 Å². The van der Waals surface area contributed by atoms with Gasteiger partial charge in [0.2, 0.25) is 0 Å². The summed E-state index contributed by atoms with van der Waals surface area (Å²) in [7, 11) is 0. The summed E-state index contributed by atoms with van der Waals surface area (Å²) in [5, 5.41) is 10.6. The van der Waals surface area contributed by atoms with Crippen LogP contribution in [0.1, 0.15) is 17.5 Å². The molecule has 0 unspecified atom stereocenters. The Kier molecular flexibility index (Phi) is 2.23. The highest BCUT2D eigenvalue weighted by atomic mass is 127. The molecule has 0 spiro atoms. The van der Waals surface area contributed by atoms with E-state index in [1.54, 1.807) is 6.07 Å². The maximum atomic E-state index is 10.6. The second kappa shape index (κ2) is 3.25. The highest BCUT2D eigenvalue weighted by molar-refractivity contribution is 14.1. The molecule has 1 aromatic carbocycles. The molecule has 0 N–H and O–H groups in total. The Balaban J connectivity index is 2.55. The number of fused-ring (bicyclic) bond motifs is 1. The predicted molar refractivity (Wildman–Crippen MR) is 57.8 cm³/mol. The van der Waals surface area contributed by atoms with Crippen molar-refractivity contribution >= 4 is 28.3 Å². The molecular weight excluding hydrogens is 281 g/mol. The van der Waals surface area contributed by atoms with Crippen LogP contribution in [0, 0.1) is 13.7 Å². The monoisotopic (exact) mass is 289 g/mol. The lowest BCUT2D eigenvalue weighted by atomic mass is 10.1. The lowest BCUT2D eigenvalue weighted by Gasteiger charge is -2.00. The van der Waals surface area contributed by atoms with Crippen molar-refractivity contribution in [3.05, 3.63) is 36.9 Å². The van der Waals surface area contributed by atoms with Gasteiger partial charge in [0, 0.05) is 6.07 Å². The molecule has 0 aliphatic heterocycles. The molecule has 68 valence electrons. The van der Waals surface area contributed by atoms with Crippen LogP contribution in [-0.4, -0.2) is 4.92 Å². The molecule has 1 aromatic rings. The van der Waals surface area contributed by atoms with Gasteiger partial charge in [-0.2, -0.15) is 0 Å². The largest absolute Gasteiger partial charge is 0.282 e. The zero-order valence-electron chi connectivity index (χ0n) is 6.92. The summed E-state index contributed by atoms with van der Waals surface area (Å²) in [6, 6.07) is 3.67. The Morgan fingerprint density at radius 3 is 2.54 bits per heavy atom. The number of hydrogen-bond donors (Lipinski definition) is 0. The number of benzene rings is 1. The zero-order chi connectivity index (χ0) is 9.42. The van der Waals surface area contributed by atoms with Gasteiger partial charge in [0.05, 0.1) is 8.49 Å². The fraction of sp³-hybridized carbons (Fsp3) is 0.333. The maximum Gasteiger partial charge on any atom is 0.282 e. The lowest BCUT2D eigenvalue weighted by molar-refractivity contribution is -0.385. The van der Waals surface area contributed by atoms with Gasteiger partial charge < -0.3 is 0 Å². The van der Waals surface area contributed by atoms with Crippen LogP contribution >= 0.6 is 22.6 Å². The molecule has 0 aromatic heterocycles. The quantitative estimate of drug-likeness (QED) is 0.453. The van der Waals surface area contributed by atoms with Crippen molar-refractivity contribution < 1.29 is 4.92 Å². The summed E-state index contributed by atoms with van der Waals surface area (Å²) in [5.41, 5.74) is 2.70. The van der Waals surface area contributed by atoms with Gasteiger partial charge in [-0.15, -0.1) is 0 Å². The number of aryl methyl sites for hydroxylation is 2. The van der Waals surface area contributed by atoms with Gasteiger partial charge in [-0.1, -0.05) is 0 Å². The minimum Gasteiger partial charge on any atom is -0.258 e. The molecule has 13 heavy (non-hydrogen) atoms. The van der Waals surface area contributed by atoms with Crippen LogP contribution < -0.4 is 0 Å². The van der Waals surface area contributed by atoms with E-state index in [0.717, 1.165) is 28.4 Å². The second-order valence-corrected chi connectivity index (χ2v) is 4.35. The van der Waals surface area contributed by atoms with E-state index >= 15 is 0 Å². The van der Waals surface area contributed by atoms with Gasteiger partial charge in [0.25, 0.3) is 5.69 Å². The van der Waals surface area contributed by atoms with Crippen molar-refractivity contribution in [3.8, 4) is 0 Å². The van der Waals surface area contributed by atoms with Crippen molar-refractivity contribution in [2.75, 3.05) is 0 Å². The molecule has 1 aliphatic rings. The molecule has 0 bridgehead atoms. The first kappa shape index (κ1) is 8.93. The number of rotatable bonds is 1. The summed E-state index contributed by atoms with van der Waals surface area (Å²) >= 11 is 2.03. The first-order valence-electron chi connectivity index (χ1n) is 4.14. The summed E-state index contributed by atoms with van der Waals surface area (Å²) in [6.07, 6.45) is 3.20. The average Bonchev–Trinajstić information content (AvgIpc) is 2.48. The molecule has 1 aliphatic carbocycles. The Labute approximate surface area is 89.4 Å². The van der Waals surface area contributed by atoms with E-state index in [-0.39, 0.29) is 10.6 Å². The molecule has 0 fully saturated rings. The van der Waals surface area contributed by atoms with E-state index in [1.807, 2.05) is 28.7 Å². The number of hydrogen-bond acceptors (Lipinski definition) is 2. The van der Waals surface area contributed by atoms with Crippen LogP contribution in [0.4, 0.5) is 5.69 Å². The summed E-state index contributed by atoms with van der Waals surface area (Å²) in [5.74, 6) is 0. The molecule has 0 atom stereocenters. The van der Waals surface area contributed by atoms with Crippen LogP contribution in [0.25, 0.3) is 0 Å². The SMILES string of the molecule is O=[N+]([O-])c1cc2c(cc1I)CCC2. The van der Waals surface area contributed by atoms with E-state index in [2.05, 4.69) is 0 Å². The Morgan fingerprint density at radius 1 is 1.31 bits per heavy atom. The third-order valence-corrected chi connectivity index (χ3v) is 3.22. The Hall–Kier alpha value is -0.650. The topological polar surface area (TPSA) is 43.1 Å². The number of nitro benzene ring substituents is 1. The van der Waals surface area contributed by atoms with Crippen LogP contribution in [0.15, 0.2) is 12.1 Å². The van der Waals surface area contributed by atoms with Gasteiger partial charge in [-0.3, -0.25) is 10.1 Å². The molecular formula is C9H8INO2. The van der Waals surface area contributed by atoms with Crippen molar-refractivity contribution in [1.29, 1.82) is 0 Å². The third kappa shape index (κ3) is 1.54. The van der Waals surface area contributed by atoms with Gasteiger partial charge in [0.1, 0.15) is 0 Å². The molecule has 3 nitrogen and oxygen atoms in total. The normalized spacial score (nSPS) is 14.2. The smallest absolute Gasteiger partial charge is 0.258 e. The second-order valence-electron chi connectivity index (χ2n) is 3.18. The van der Waals surface area contributed by atoms with Gasteiger partial charge >= 0.3 is 0 Å². The number of halogens is 1. The minimum absolute atomic E-state index is 0.251. The van der Waals surface area contributed by atoms with E-state index in [4.69, 9.17) is 0 Å². The van der Waals surface area contributed by atoms with E-state index in [9.17, 15) is 10.1 Å². The van der Waals surface area contributed by atoms with Crippen LogP contribution in [0.2, 0.25) is 0 Å². The Morgan fingerprint density at radius 2 is 1.92 bits per heavy atom. The first-order valence-corrected chi connectivity index (χ1v) is 5.22. The molecule has 0 amide bonds. The highest BCUT2D eigenvalue weighted by Crippen LogP contribution is 2.30. The number of nitrogens with zero attached hydrogens (tertiary/aromatic N) is 1. The van der Waals surface area contributed by atoms with E-state index < -0.39 is 0 Å². The van der Waals surface area contributed by atoms with Crippen molar-refractivity contribution in [2.24, 2.45) is 0 Å². The van der Waals surface area contributed by atoms with Crippen LogP contribution in [-0.2, 0) is 12.8 Å². The highest BCUT2D eigenvalue weighted by Gasteiger charge is 2.18. The lowest BCUT2D eigenvalue weighted by Crippen LogP contribution is -1.94. The van der Waals surface area contributed by atoms with Gasteiger partial charge in [-0.05, 0) is 59.0 Å². The van der Waals surface area contributed by atoms with Crippen molar-refractivity contribution in [1.82, 2.24) is 0 Å². The average molecular weight is 289 g/mol. The van der Waals surface area contributed by atoms with Crippen LogP contribution in [0.3, 0.4) is 0 Å². The Bertz CT molecular complexity index is 376. The predicted octanol–water partition coefficient (Wildman–Crippen LogP) is 2.69. The van der Waals surface area contributed by atoms with Gasteiger partial charge in [-0.25, -0.2) is 0 Å². The fourth-order valence-corrected chi connectivity index (χ4v) is 2.45. The first-order chi connectivity index (χ1) is 6.18. The van der Waals surface area contributed by atoms with E-state index in [1.165, 1.54) is 5.56 Å². The summed E-state index contributed by atoms with van der Waals surface area (Å²) in [4.78, 5) is 10.3. The minimum atomic E-state index is -0.305. The molecule has 4 heteroatoms. The van der Waals surface area contributed by atoms with E-state index in [0.29, 0.717) is 0 Å². The standard InChI is InChI=1S/C9H8INO2/c10-8-4-6-2-1-3-7(6)5-9(8)11(12)13/h4-5H,1-3H2. The summed E-state index contributed by atoms with van der Waals surface area (Å²) in [6.45, 7) is 0. The van der Waals surface area contributed by atoms with Gasteiger partial charge in [0.15, 0.2) is 0 Å². The maximum absolute atomic E-state index is 10.6. The molecule has 0 radical (unpaired) electrons. The number of nitro groups is 1.